The first kappa shape index (κ1) is 18.4. The van der Waals surface area contributed by atoms with Crippen LogP contribution in [0.15, 0.2) is 12.1 Å². The van der Waals surface area contributed by atoms with Crippen LogP contribution >= 0.6 is 0 Å². The van der Waals surface area contributed by atoms with Crippen molar-refractivity contribution in [2.24, 2.45) is 5.92 Å². The monoisotopic (exact) mass is 336 g/mol. The summed E-state index contributed by atoms with van der Waals surface area (Å²) < 4.78 is 16.6. The van der Waals surface area contributed by atoms with Crippen LogP contribution in [0.2, 0.25) is 0 Å². The van der Waals surface area contributed by atoms with Crippen LogP contribution in [0.1, 0.15) is 43.5 Å². The number of methoxy groups -OCH3 is 1. The van der Waals surface area contributed by atoms with Gasteiger partial charge in [0.1, 0.15) is 6.10 Å². The van der Waals surface area contributed by atoms with Gasteiger partial charge in [-0.2, -0.15) is 0 Å². The zero-order chi connectivity index (χ0) is 17.5. The smallest absolute Gasteiger partial charge is 0.340 e. The summed E-state index contributed by atoms with van der Waals surface area (Å²) in [6.07, 6.45) is 3.28. The van der Waals surface area contributed by atoms with Crippen LogP contribution in [0.25, 0.3) is 0 Å². The minimum atomic E-state index is -0.455. The molecule has 2 unspecified atom stereocenters. The van der Waals surface area contributed by atoms with E-state index in [0.29, 0.717) is 35.3 Å². The maximum absolute atomic E-state index is 12.0. The van der Waals surface area contributed by atoms with Crippen molar-refractivity contribution in [2.75, 3.05) is 32.5 Å². The van der Waals surface area contributed by atoms with Crippen LogP contribution in [-0.2, 0) is 4.74 Å². The minimum absolute atomic E-state index is 0.0829. The van der Waals surface area contributed by atoms with Crippen molar-refractivity contribution in [1.82, 2.24) is 5.32 Å². The number of anilines is 1. The Hall–Kier alpha value is -1.95. The molecule has 0 radical (unpaired) electrons. The Kier molecular flexibility index (Phi) is 6.73. The molecule has 0 bridgehead atoms. The Labute approximate surface area is 143 Å². The van der Waals surface area contributed by atoms with Crippen molar-refractivity contribution in [1.29, 1.82) is 0 Å². The second kappa shape index (κ2) is 8.78. The van der Waals surface area contributed by atoms with E-state index < -0.39 is 5.97 Å². The van der Waals surface area contributed by atoms with Gasteiger partial charge in [-0.25, -0.2) is 4.79 Å². The maximum atomic E-state index is 12.0. The largest absolute Gasteiger partial charge is 0.493 e. The zero-order valence-electron chi connectivity index (χ0n) is 14.8. The van der Waals surface area contributed by atoms with Crippen LogP contribution in [0.4, 0.5) is 5.69 Å². The molecule has 1 saturated heterocycles. The third-order valence-corrected chi connectivity index (χ3v) is 4.37. The number of nitrogens with one attached hydrogen (secondary N) is 1. The molecule has 1 aliphatic heterocycles. The van der Waals surface area contributed by atoms with Gasteiger partial charge < -0.3 is 25.3 Å². The number of ether oxygens (including phenoxy) is 3. The normalized spacial score (nSPS) is 18.7. The van der Waals surface area contributed by atoms with Crippen LogP contribution in [0, 0.1) is 5.92 Å². The molecule has 6 nitrogen and oxygen atoms in total. The van der Waals surface area contributed by atoms with Gasteiger partial charge in [0.05, 0.1) is 25.0 Å². The Morgan fingerprint density at radius 2 is 2.17 bits per heavy atom. The Morgan fingerprint density at radius 1 is 1.38 bits per heavy atom. The SMILES string of the molecule is CCOC(=O)c1cc(OC)c(OC(CC)C2CCCNC2)cc1N. The summed E-state index contributed by atoms with van der Waals surface area (Å²) in [4.78, 5) is 12.0. The second-order valence-corrected chi connectivity index (χ2v) is 5.98. The summed E-state index contributed by atoms with van der Waals surface area (Å²) in [6, 6.07) is 3.25. The van der Waals surface area contributed by atoms with Crippen LogP contribution in [0.5, 0.6) is 11.5 Å². The molecule has 0 aromatic heterocycles. The number of carbonyl (C=O) groups is 1. The van der Waals surface area contributed by atoms with Gasteiger partial charge in [-0.3, -0.25) is 0 Å². The molecule has 0 spiro atoms. The highest BCUT2D eigenvalue weighted by Crippen LogP contribution is 2.35. The van der Waals surface area contributed by atoms with E-state index in [0.717, 1.165) is 32.4 Å². The third-order valence-electron chi connectivity index (χ3n) is 4.37. The molecule has 0 saturated carbocycles. The summed E-state index contributed by atoms with van der Waals surface area (Å²) >= 11 is 0. The van der Waals surface area contributed by atoms with Gasteiger partial charge in [0.25, 0.3) is 0 Å². The first-order valence-corrected chi connectivity index (χ1v) is 8.62. The van der Waals surface area contributed by atoms with Gasteiger partial charge in [0, 0.05) is 24.6 Å². The highest BCUT2D eigenvalue weighted by molar-refractivity contribution is 5.96. The number of esters is 1. The fraction of sp³-hybridized carbons (Fsp3) is 0.611. The highest BCUT2D eigenvalue weighted by atomic mass is 16.5. The number of carbonyl (C=O) groups excluding carboxylic acids is 1. The quantitative estimate of drug-likeness (QED) is 0.588. The van der Waals surface area contributed by atoms with E-state index in [-0.39, 0.29) is 6.10 Å². The molecule has 1 aromatic rings. The summed E-state index contributed by atoms with van der Waals surface area (Å²) in [5.74, 6) is 1.07. The molecule has 3 N–H and O–H groups in total. The van der Waals surface area contributed by atoms with Gasteiger partial charge >= 0.3 is 5.97 Å². The second-order valence-electron chi connectivity index (χ2n) is 5.98. The first-order valence-electron chi connectivity index (χ1n) is 8.62. The zero-order valence-corrected chi connectivity index (χ0v) is 14.8. The van der Waals surface area contributed by atoms with Gasteiger partial charge in [0.2, 0.25) is 0 Å². The number of hydrogen-bond acceptors (Lipinski definition) is 6. The number of hydrogen-bond donors (Lipinski definition) is 2. The number of piperidine rings is 1. The lowest BCUT2D eigenvalue weighted by Gasteiger charge is -2.31. The van der Waals surface area contributed by atoms with Crippen molar-refractivity contribution in [3.63, 3.8) is 0 Å². The molecule has 1 heterocycles. The molecular formula is C18H28N2O4. The van der Waals surface area contributed by atoms with E-state index in [1.165, 1.54) is 0 Å². The fourth-order valence-electron chi connectivity index (χ4n) is 3.08. The van der Waals surface area contributed by atoms with Crippen molar-refractivity contribution >= 4 is 11.7 Å². The lowest BCUT2D eigenvalue weighted by atomic mass is 9.92. The van der Waals surface area contributed by atoms with E-state index in [2.05, 4.69) is 12.2 Å². The van der Waals surface area contributed by atoms with Gasteiger partial charge in [0.15, 0.2) is 11.5 Å². The minimum Gasteiger partial charge on any atom is -0.493 e. The first-order chi connectivity index (χ1) is 11.6. The van der Waals surface area contributed by atoms with Gasteiger partial charge in [-0.05, 0) is 32.7 Å². The lowest BCUT2D eigenvalue weighted by molar-refractivity contribution is 0.0527. The lowest BCUT2D eigenvalue weighted by Crippen LogP contribution is -2.39. The number of rotatable bonds is 7. The molecule has 24 heavy (non-hydrogen) atoms. The molecular weight excluding hydrogens is 308 g/mol. The summed E-state index contributed by atoms with van der Waals surface area (Å²) in [6.45, 7) is 6.19. The summed E-state index contributed by atoms with van der Waals surface area (Å²) in [5, 5.41) is 3.42. The maximum Gasteiger partial charge on any atom is 0.340 e. The van der Waals surface area contributed by atoms with E-state index in [1.54, 1.807) is 26.2 Å². The van der Waals surface area contributed by atoms with Gasteiger partial charge in [-0.15, -0.1) is 0 Å². The molecule has 1 fully saturated rings. The average Bonchev–Trinajstić information content (AvgIpc) is 2.60. The van der Waals surface area contributed by atoms with Crippen molar-refractivity contribution in [2.45, 2.75) is 39.2 Å². The standard InChI is InChI=1S/C18H28N2O4/c1-4-15(12-7-6-8-20-11-12)24-17-10-14(19)13(9-16(17)22-3)18(21)23-5-2/h9-10,12,15,20H,4-8,11,19H2,1-3H3. The van der Waals surface area contributed by atoms with E-state index in [1.807, 2.05) is 0 Å². The average molecular weight is 336 g/mol. The predicted octanol–water partition coefficient (Wildman–Crippen LogP) is 2.61. The Morgan fingerprint density at radius 3 is 2.75 bits per heavy atom. The van der Waals surface area contributed by atoms with Crippen molar-refractivity contribution in [3.8, 4) is 11.5 Å². The highest BCUT2D eigenvalue weighted by Gasteiger charge is 2.25. The number of nitrogens with two attached hydrogens (primary N) is 1. The third kappa shape index (κ3) is 4.32. The molecule has 2 rings (SSSR count). The fourth-order valence-corrected chi connectivity index (χ4v) is 3.08. The van der Waals surface area contributed by atoms with Crippen LogP contribution in [-0.4, -0.2) is 38.9 Å². The summed E-state index contributed by atoms with van der Waals surface area (Å²) in [7, 11) is 1.55. The molecule has 2 atom stereocenters. The molecule has 0 aliphatic carbocycles. The number of benzene rings is 1. The van der Waals surface area contributed by atoms with E-state index in [4.69, 9.17) is 19.9 Å². The van der Waals surface area contributed by atoms with Crippen molar-refractivity contribution in [3.05, 3.63) is 17.7 Å². The topological polar surface area (TPSA) is 82.8 Å². The summed E-state index contributed by atoms with van der Waals surface area (Å²) in [5.41, 5.74) is 6.66. The molecule has 1 aromatic carbocycles. The van der Waals surface area contributed by atoms with E-state index >= 15 is 0 Å². The van der Waals surface area contributed by atoms with E-state index in [9.17, 15) is 4.79 Å². The van der Waals surface area contributed by atoms with Crippen molar-refractivity contribution < 1.29 is 19.0 Å². The van der Waals surface area contributed by atoms with Crippen LogP contribution < -0.4 is 20.5 Å². The molecule has 1 aliphatic rings. The Balaban J connectivity index is 2.22. The molecule has 134 valence electrons. The predicted molar refractivity (Wildman–Crippen MR) is 93.7 cm³/mol. The molecule has 6 heteroatoms. The van der Waals surface area contributed by atoms with Gasteiger partial charge in [-0.1, -0.05) is 6.92 Å². The number of nitrogen functional groups attached to an aromatic ring is 1. The van der Waals surface area contributed by atoms with Crippen LogP contribution in [0.3, 0.4) is 0 Å². The Bertz CT molecular complexity index is 556. The molecule has 0 amide bonds.